The van der Waals surface area contributed by atoms with E-state index in [0.29, 0.717) is 6.42 Å². The molecule has 75 valence electrons. The van der Waals surface area contributed by atoms with Gasteiger partial charge >= 0.3 is 5.97 Å². The van der Waals surface area contributed by atoms with Crippen LogP contribution in [0, 0.1) is 0 Å². The fourth-order valence-corrected chi connectivity index (χ4v) is 1.83. The molecule has 1 heterocycles. The predicted molar refractivity (Wildman–Crippen MR) is 46.3 cm³/mol. The fourth-order valence-electron chi connectivity index (χ4n) is 1.83. The van der Waals surface area contributed by atoms with Crippen LogP contribution in [0.1, 0.15) is 33.6 Å². The van der Waals surface area contributed by atoms with Gasteiger partial charge in [0.2, 0.25) is 0 Å². The molecule has 0 aromatic rings. The minimum Gasteiger partial charge on any atom is -0.468 e. The Kier molecular flexibility index (Phi) is 2.38. The van der Waals surface area contributed by atoms with Crippen molar-refractivity contribution >= 4 is 5.97 Å². The number of esters is 1. The highest BCUT2D eigenvalue weighted by Crippen LogP contribution is 2.39. The van der Waals surface area contributed by atoms with E-state index >= 15 is 0 Å². The zero-order valence-electron chi connectivity index (χ0n) is 8.59. The van der Waals surface area contributed by atoms with E-state index in [1.165, 1.54) is 7.11 Å². The Morgan fingerprint density at radius 2 is 1.85 bits per heavy atom. The Bertz CT molecular complexity index is 227. The summed E-state index contributed by atoms with van der Waals surface area (Å²) in [5.41, 5.74) is -1.44. The first-order valence-corrected chi connectivity index (χ1v) is 4.40. The minimum absolute atomic E-state index is 0.437. The first kappa shape index (κ1) is 10.5. The van der Waals surface area contributed by atoms with E-state index in [1.807, 2.05) is 13.8 Å². The second-order valence-corrected chi connectivity index (χ2v) is 4.37. The lowest BCUT2D eigenvalue weighted by Crippen LogP contribution is -2.51. The molecule has 1 aliphatic heterocycles. The standard InChI is InChI=1S/C9H16NO3/c1-8(2)5-6-9(3,10(8)12)7(11)13-4/h5-6H2,1-4H3/t9-/m0/s1. The molecule has 1 fully saturated rings. The van der Waals surface area contributed by atoms with Crippen molar-refractivity contribution in [3.63, 3.8) is 0 Å². The van der Waals surface area contributed by atoms with Gasteiger partial charge in [-0.3, -0.25) is 0 Å². The van der Waals surface area contributed by atoms with Gasteiger partial charge in [0, 0.05) is 5.54 Å². The van der Waals surface area contributed by atoms with Crippen molar-refractivity contribution in [1.82, 2.24) is 5.06 Å². The van der Waals surface area contributed by atoms with Gasteiger partial charge in [-0.2, -0.15) is 0 Å². The molecule has 0 N–H and O–H groups in total. The Labute approximate surface area is 78.4 Å². The van der Waals surface area contributed by atoms with Gasteiger partial charge in [0.15, 0.2) is 0 Å². The molecule has 0 unspecified atom stereocenters. The summed E-state index contributed by atoms with van der Waals surface area (Å²) in [4.78, 5) is 11.4. The van der Waals surface area contributed by atoms with Crippen LogP contribution in [0.3, 0.4) is 0 Å². The molecule has 4 nitrogen and oxygen atoms in total. The normalized spacial score (nSPS) is 33.3. The third kappa shape index (κ3) is 1.44. The highest BCUT2D eigenvalue weighted by molar-refractivity contribution is 5.80. The number of carbonyl (C=O) groups is 1. The van der Waals surface area contributed by atoms with E-state index < -0.39 is 17.0 Å². The van der Waals surface area contributed by atoms with Gasteiger partial charge in [0.1, 0.15) is 5.54 Å². The lowest BCUT2D eigenvalue weighted by atomic mass is 9.99. The lowest BCUT2D eigenvalue weighted by Gasteiger charge is -2.32. The molecular weight excluding hydrogens is 170 g/mol. The van der Waals surface area contributed by atoms with Gasteiger partial charge in [-0.05, 0) is 33.6 Å². The SMILES string of the molecule is COC(=O)[C@]1(C)CCC(C)(C)N1[O]. The number of ether oxygens (including phenoxy) is 1. The fraction of sp³-hybridized carbons (Fsp3) is 0.889. The van der Waals surface area contributed by atoms with Crippen LogP contribution in [0.5, 0.6) is 0 Å². The van der Waals surface area contributed by atoms with Crippen LogP contribution in [0.15, 0.2) is 0 Å². The van der Waals surface area contributed by atoms with E-state index in [0.717, 1.165) is 11.5 Å². The maximum atomic E-state index is 11.8. The Balaban J connectivity index is 2.90. The monoisotopic (exact) mass is 186 g/mol. The molecule has 13 heavy (non-hydrogen) atoms. The number of methoxy groups -OCH3 is 1. The van der Waals surface area contributed by atoms with Gasteiger partial charge in [0.25, 0.3) is 0 Å². The Morgan fingerprint density at radius 3 is 2.15 bits per heavy atom. The van der Waals surface area contributed by atoms with Crippen LogP contribution in [-0.2, 0) is 14.7 Å². The lowest BCUT2D eigenvalue weighted by molar-refractivity contribution is -0.251. The topological polar surface area (TPSA) is 49.4 Å². The summed E-state index contributed by atoms with van der Waals surface area (Å²) in [6, 6.07) is 0. The molecule has 4 heteroatoms. The average molecular weight is 186 g/mol. The molecule has 0 bridgehead atoms. The van der Waals surface area contributed by atoms with E-state index in [9.17, 15) is 10.0 Å². The van der Waals surface area contributed by atoms with Gasteiger partial charge < -0.3 is 4.74 Å². The van der Waals surface area contributed by atoms with Crippen LogP contribution in [0.25, 0.3) is 0 Å². The van der Waals surface area contributed by atoms with E-state index in [-0.39, 0.29) is 0 Å². The minimum atomic E-state index is -0.988. The number of hydrogen-bond donors (Lipinski definition) is 0. The summed E-state index contributed by atoms with van der Waals surface area (Å²) in [7, 11) is 1.31. The van der Waals surface area contributed by atoms with Crippen molar-refractivity contribution < 1.29 is 14.7 Å². The molecule has 0 spiro atoms. The summed E-state index contributed by atoms with van der Waals surface area (Å²) in [5, 5.41) is 12.6. The molecule has 1 aliphatic rings. The summed E-state index contributed by atoms with van der Waals surface area (Å²) in [6.07, 6.45) is 1.29. The van der Waals surface area contributed by atoms with Crippen molar-refractivity contribution in [3.05, 3.63) is 0 Å². The molecule has 0 aromatic carbocycles. The molecule has 0 saturated carbocycles. The quantitative estimate of drug-likeness (QED) is 0.577. The van der Waals surface area contributed by atoms with Crippen LogP contribution >= 0.6 is 0 Å². The van der Waals surface area contributed by atoms with Crippen LogP contribution < -0.4 is 0 Å². The zero-order chi connectivity index (χ0) is 10.3. The molecule has 0 aliphatic carbocycles. The highest BCUT2D eigenvalue weighted by atomic mass is 16.5. The van der Waals surface area contributed by atoms with Crippen molar-refractivity contribution in [2.24, 2.45) is 0 Å². The molecule has 1 radical (unpaired) electrons. The van der Waals surface area contributed by atoms with Crippen molar-refractivity contribution in [2.45, 2.75) is 44.7 Å². The van der Waals surface area contributed by atoms with E-state index in [1.54, 1.807) is 6.92 Å². The van der Waals surface area contributed by atoms with Gasteiger partial charge in [-0.15, -0.1) is 10.3 Å². The van der Waals surface area contributed by atoms with Crippen LogP contribution in [-0.4, -0.2) is 29.2 Å². The number of hydrogen-bond acceptors (Lipinski definition) is 3. The summed E-state index contributed by atoms with van der Waals surface area (Å²) in [5.74, 6) is -0.437. The Hall–Kier alpha value is -0.610. The van der Waals surface area contributed by atoms with Gasteiger partial charge in [-0.1, -0.05) is 0 Å². The van der Waals surface area contributed by atoms with E-state index in [2.05, 4.69) is 4.74 Å². The van der Waals surface area contributed by atoms with Crippen molar-refractivity contribution in [2.75, 3.05) is 7.11 Å². The second kappa shape index (κ2) is 2.96. The smallest absolute Gasteiger partial charge is 0.328 e. The molecule has 1 saturated heterocycles. The first-order chi connectivity index (χ1) is 5.84. The number of carbonyl (C=O) groups excluding carboxylic acids is 1. The molecule has 0 amide bonds. The summed E-state index contributed by atoms with van der Waals surface area (Å²) < 4.78 is 4.62. The number of hydroxylamine groups is 2. The van der Waals surface area contributed by atoms with Crippen molar-refractivity contribution in [1.29, 1.82) is 0 Å². The third-order valence-electron chi connectivity index (χ3n) is 2.85. The number of nitrogens with zero attached hydrogens (tertiary/aromatic N) is 1. The maximum Gasteiger partial charge on any atom is 0.328 e. The molecule has 1 rings (SSSR count). The largest absolute Gasteiger partial charge is 0.468 e. The summed E-state index contributed by atoms with van der Waals surface area (Å²) >= 11 is 0. The van der Waals surface area contributed by atoms with Crippen molar-refractivity contribution in [3.8, 4) is 0 Å². The molecule has 1 atom stereocenters. The predicted octanol–water partition coefficient (Wildman–Crippen LogP) is 1.14. The maximum absolute atomic E-state index is 11.8. The average Bonchev–Trinajstić information content (AvgIpc) is 2.30. The van der Waals surface area contributed by atoms with Crippen LogP contribution in [0.2, 0.25) is 0 Å². The zero-order valence-corrected chi connectivity index (χ0v) is 8.59. The van der Waals surface area contributed by atoms with Gasteiger partial charge in [0.05, 0.1) is 7.11 Å². The second-order valence-electron chi connectivity index (χ2n) is 4.37. The molecule has 0 aromatic heterocycles. The molecular formula is C9H16NO3. The first-order valence-electron chi connectivity index (χ1n) is 4.40. The number of rotatable bonds is 1. The Morgan fingerprint density at radius 1 is 1.31 bits per heavy atom. The van der Waals surface area contributed by atoms with Crippen LogP contribution in [0.4, 0.5) is 0 Å². The highest BCUT2D eigenvalue weighted by Gasteiger charge is 2.53. The van der Waals surface area contributed by atoms with E-state index in [4.69, 9.17) is 0 Å². The van der Waals surface area contributed by atoms with Gasteiger partial charge in [-0.25, -0.2) is 4.79 Å². The third-order valence-corrected chi connectivity index (χ3v) is 2.85. The summed E-state index contributed by atoms with van der Waals surface area (Å²) in [6.45, 7) is 5.32.